The van der Waals surface area contributed by atoms with E-state index >= 15 is 0 Å². The van der Waals surface area contributed by atoms with Crippen molar-refractivity contribution in [2.24, 2.45) is 0 Å². The van der Waals surface area contributed by atoms with Crippen molar-refractivity contribution in [3.8, 4) is 11.5 Å². The minimum absolute atomic E-state index is 0.185. The quantitative estimate of drug-likeness (QED) is 0.580. The van der Waals surface area contributed by atoms with E-state index in [2.05, 4.69) is 5.32 Å². The number of ether oxygens (including phenoxy) is 2. The van der Waals surface area contributed by atoms with Crippen LogP contribution in [0.1, 0.15) is 18.1 Å². The molecule has 0 atom stereocenters. The van der Waals surface area contributed by atoms with Crippen molar-refractivity contribution < 1.29 is 23.9 Å². The molecule has 3 rings (SSSR count). The van der Waals surface area contributed by atoms with Crippen molar-refractivity contribution in [3.05, 3.63) is 58.6 Å². The minimum atomic E-state index is -0.320. The summed E-state index contributed by atoms with van der Waals surface area (Å²) < 4.78 is 10.8. The highest BCUT2D eigenvalue weighted by Crippen LogP contribution is 2.36. The van der Waals surface area contributed by atoms with Crippen molar-refractivity contribution in [2.75, 3.05) is 24.8 Å². The van der Waals surface area contributed by atoms with Gasteiger partial charge in [-0.2, -0.15) is 0 Å². The highest BCUT2D eigenvalue weighted by atomic mass is 35.5. The van der Waals surface area contributed by atoms with Crippen LogP contribution in [-0.4, -0.2) is 41.4 Å². The van der Waals surface area contributed by atoms with Crippen LogP contribution in [0.4, 0.5) is 10.5 Å². The predicted molar refractivity (Wildman–Crippen MR) is 122 cm³/mol. The van der Waals surface area contributed by atoms with Gasteiger partial charge in [0.05, 0.1) is 31.0 Å². The molecule has 162 valence electrons. The number of hydrogen-bond donors (Lipinski definition) is 1. The molecule has 0 spiro atoms. The summed E-state index contributed by atoms with van der Waals surface area (Å²) in [5, 5.41) is 2.91. The maximum Gasteiger partial charge on any atom is 0.289 e. The van der Waals surface area contributed by atoms with Crippen LogP contribution in [-0.2, 0) is 16.1 Å². The van der Waals surface area contributed by atoms with Gasteiger partial charge >= 0.3 is 0 Å². The van der Waals surface area contributed by atoms with Crippen molar-refractivity contribution >= 4 is 52.2 Å². The third-order valence-corrected chi connectivity index (χ3v) is 5.51. The number of amides is 3. The fraction of sp³-hybridized carbons (Fsp3) is 0.227. The molecule has 1 fully saturated rings. The number of imide groups is 1. The largest absolute Gasteiger partial charge is 0.491 e. The van der Waals surface area contributed by atoms with E-state index in [4.69, 9.17) is 21.1 Å². The average molecular weight is 461 g/mol. The number of halogens is 1. The van der Waals surface area contributed by atoms with Gasteiger partial charge in [0.1, 0.15) is 0 Å². The molecular weight excluding hydrogens is 440 g/mol. The van der Waals surface area contributed by atoms with Gasteiger partial charge in [0.2, 0.25) is 11.8 Å². The first kappa shape index (κ1) is 22.7. The Balaban J connectivity index is 1.62. The van der Waals surface area contributed by atoms with Crippen LogP contribution >= 0.6 is 23.4 Å². The fourth-order valence-electron chi connectivity index (χ4n) is 2.91. The lowest BCUT2D eigenvalue weighted by Gasteiger charge is -2.13. The number of hydrogen-bond acceptors (Lipinski definition) is 6. The van der Waals surface area contributed by atoms with Gasteiger partial charge in [0, 0.05) is 11.8 Å². The molecule has 0 aliphatic carbocycles. The zero-order valence-electron chi connectivity index (χ0n) is 17.0. The van der Waals surface area contributed by atoms with Gasteiger partial charge in [0.15, 0.2) is 11.5 Å². The van der Waals surface area contributed by atoms with Gasteiger partial charge in [0.25, 0.3) is 5.24 Å². The van der Waals surface area contributed by atoms with Crippen molar-refractivity contribution in [1.82, 2.24) is 4.90 Å². The molecule has 0 unspecified atom stereocenters. The number of nitrogens with one attached hydrogen (secondary N) is 1. The summed E-state index contributed by atoms with van der Waals surface area (Å²) >= 11 is 7.23. The van der Waals surface area contributed by atoms with Gasteiger partial charge in [-0.1, -0.05) is 35.5 Å². The molecule has 0 saturated carbocycles. The Morgan fingerprint density at radius 2 is 2.00 bits per heavy atom. The molecular formula is C22H21ClN2O5S. The SMILES string of the molecule is CCOc1cc(/C=C\C(=O)Nc2ccc(CN3C(=O)CSC3=O)cc2)cc(Cl)c1OC. The molecule has 2 aromatic rings. The van der Waals surface area contributed by atoms with Crippen LogP contribution in [0.3, 0.4) is 0 Å². The first-order valence-electron chi connectivity index (χ1n) is 9.46. The molecule has 1 aliphatic heterocycles. The number of methoxy groups -OCH3 is 1. The maximum atomic E-state index is 12.3. The second-order valence-electron chi connectivity index (χ2n) is 6.52. The molecule has 7 nitrogen and oxygen atoms in total. The Kier molecular flexibility index (Phi) is 7.59. The first-order valence-corrected chi connectivity index (χ1v) is 10.8. The highest BCUT2D eigenvalue weighted by molar-refractivity contribution is 8.14. The molecule has 1 N–H and O–H groups in total. The van der Waals surface area contributed by atoms with E-state index in [1.54, 1.807) is 42.5 Å². The minimum Gasteiger partial charge on any atom is -0.491 e. The lowest BCUT2D eigenvalue weighted by atomic mass is 10.1. The maximum absolute atomic E-state index is 12.3. The fourth-order valence-corrected chi connectivity index (χ4v) is 3.93. The number of benzene rings is 2. The van der Waals surface area contributed by atoms with Gasteiger partial charge in [-0.05, 0) is 48.4 Å². The second-order valence-corrected chi connectivity index (χ2v) is 7.85. The van der Waals surface area contributed by atoms with Gasteiger partial charge in [-0.25, -0.2) is 0 Å². The zero-order chi connectivity index (χ0) is 22.4. The number of thioether (sulfide) groups is 1. The van der Waals surface area contributed by atoms with E-state index in [0.717, 1.165) is 17.3 Å². The van der Waals surface area contributed by atoms with E-state index in [1.165, 1.54) is 18.1 Å². The number of nitrogens with zero attached hydrogens (tertiary/aromatic N) is 1. The molecule has 0 bridgehead atoms. The normalized spacial score (nSPS) is 13.7. The van der Waals surface area contributed by atoms with Crippen LogP contribution in [0.5, 0.6) is 11.5 Å². The van der Waals surface area contributed by atoms with Gasteiger partial charge < -0.3 is 14.8 Å². The van der Waals surface area contributed by atoms with Crippen LogP contribution in [0.15, 0.2) is 42.5 Å². The number of carbonyl (C=O) groups excluding carboxylic acids is 3. The molecule has 1 heterocycles. The van der Waals surface area contributed by atoms with E-state index in [9.17, 15) is 14.4 Å². The molecule has 9 heteroatoms. The third kappa shape index (κ3) is 5.80. The number of rotatable bonds is 8. The van der Waals surface area contributed by atoms with Crippen molar-refractivity contribution in [2.45, 2.75) is 13.5 Å². The highest BCUT2D eigenvalue weighted by Gasteiger charge is 2.29. The van der Waals surface area contributed by atoms with Crippen LogP contribution in [0.2, 0.25) is 5.02 Å². The molecule has 2 aromatic carbocycles. The topological polar surface area (TPSA) is 84.9 Å². The van der Waals surface area contributed by atoms with Gasteiger partial charge in [-0.3, -0.25) is 19.3 Å². The lowest BCUT2D eigenvalue weighted by Crippen LogP contribution is -2.27. The standard InChI is InChI=1S/C22H21ClN2O5S/c1-3-30-18-11-15(10-17(23)21(18)29-2)6-9-19(26)24-16-7-4-14(5-8-16)12-25-20(27)13-31-22(25)28/h4-11H,3,12-13H2,1-2H3,(H,24,26)/b9-6-. The summed E-state index contributed by atoms with van der Waals surface area (Å²) in [5.41, 5.74) is 2.08. The van der Waals surface area contributed by atoms with Crippen molar-refractivity contribution in [1.29, 1.82) is 0 Å². The Morgan fingerprint density at radius 1 is 1.26 bits per heavy atom. The third-order valence-electron chi connectivity index (χ3n) is 4.37. The molecule has 0 radical (unpaired) electrons. The Morgan fingerprint density at radius 3 is 2.61 bits per heavy atom. The Bertz CT molecular complexity index is 1010. The van der Waals surface area contributed by atoms with E-state index in [1.807, 2.05) is 6.92 Å². The van der Waals surface area contributed by atoms with E-state index < -0.39 is 0 Å². The summed E-state index contributed by atoms with van der Waals surface area (Å²) in [6.07, 6.45) is 3.01. The van der Waals surface area contributed by atoms with Crippen LogP contribution < -0.4 is 14.8 Å². The predicted octanol–water partition coefficient (Wildman–Crippen LogP) is 4.59. The average Bonchev–Trinajstić information content (AvgIpc) is 3.06. The second kappa shape index (κ2) is 10.4. The summed E-state index contributed by atoms with van der Waals surface area (Å²) in [6, 6.07) is 10.4. The lowest BCUT2D eigenvalue weighted by molar-refractivity contribution is -0.125. The first-order chi connectivity index (χ1) is 14.9. The zero-order valence-corrected chi connectivity index (χ0v) is 18.6. The molecule has 1 saturated heterocycles. The van der Waals surface area contributed by atoms with E-state index in [-0.39, 0.29) is 29.4 Å². The molecule has 3 amide bonds. The monoisotopic (exact) mass is 460 g/mol. The smallest absolute Gasteiger partial charge is 0.289 e. The van der Waals surface area contributed by atoms with Crippen LogP contribution in [0.25, 0.3) is 6.08 Å². The molecule has 31 heavy (non-hydrogen) atoms. The summed E-state index contributed by atoms with van der Waals surface area (Å²) in [5.74, 6) is 0.621. The van der Waals surface area contributed by atoms with E-state index in [0.29, 0.717) is 34.4 Å². The van der Waals surface area contributed by atoms with Crippen LogP contribution in [0, 0.1) is 0 Å². The molecule has 1 aliphatic rings. The van der Waals surface area contributed by atoms with Gasteiger partial charge in [-0.15, -0.1) is 0 Å². The number of carbonyl (C=O) groups is 3. The number of anilines is 1. The Labute approximate surface area is 189 Å². The summed E-state index contributed by atoms with van der Waals surface area (Å²) in [6.45, 7) is 2.53. The molecule has 0 aromatic heterocycles. The van der Waals surface area contributed by atoms with Crippen molar-refractivity contribution in [3.63, 3.8) is 0 Å². The Hall–Kier alpha value is -2.97. The summed E-state index contributed by atoms with van der Waals surface area (Å²) in [4.78, 5) is 36.9. The summed E-state index contributed by atoms with van der Waals surface area (Å²) in [7, 11) is 1.51.